The van der Waals surface area contributed by atoms with E-state index in [2.05, 4.69) is 10.3 Å². The Morgan fingerprint density at radius 1 is 1.85 bits per heavy atom. The summed E-state index contributed by atoms with van der Waals surface area (Å²) in [5, 5.41) is 11.0. The molecule has 0 saturated carbocycles. The lowest BCUT2D eigenvalue weighted by molar-refractivity contribution is -0.116. The summed E-state index contributed by atoms with van der Waals surface area (Å²) in [7, 11) is 1.49. The third-order valence-electron chi connectivity index (χ3n) is 1.33. The zero-order chi connectivity index (χ0) is 9.68. The van der Waals surface area contributed by atoms with Gasteiger partial charge in [-0.05, 0) is 6.08 Å². The van der Waals surface area contributed by atoms with E-state index < -0.39 is 0 Å². The second kappa shape index (κ2) is 4.38. The predicted octanol–water partition coefficient (Wildman–Crippen LogP) is 0.796. The molecule has 0 aliphatic heterocycles. The van der Waals surface area contributed by atoms with Crippen molar-refractivity contribution in [3.8, 4) is 6.07 Å². The Kier molecular flexibility index (Phi) is 3.17. The molecular weight excluding hydrogens is 186 g/mol. The van der Waals surface area contributed by atoms with Gasteiger partial charge in [0.2, 0.25) is 0 Å². The number of hydrogen-bond acceptors (Lipinski definition) is 4. The van der Waals surface area contributed by atoms with E-state index in [9.17, 15) is 4.79 Å². The number of nitrogens with zero attached hydrogens (tertiary/aromatic N) is 2. The van der Waals surface area contributed by atoms with Crippen molar-refractivity contribution in [2.45, 2.75) is 0 Å². The van der Waals surface area contributed by atoms with Crippen molar-refractivity contribution in [3.63, 3.8) is 0 Å². The Morgan fingerprint density at radius 3 is 3.08 bits per heavy atom. The number of amides is 1. The van der Waals surface area contributed by atoms with E-state index in [4.69, 9.17) is 5.26 Å². The fraction of sp³-hybridized carbons (Fsp3) is 0.125. The summed E-state index contributed by atoms with van der Waals surface area (Å²) >= 11 is 1.38. The predicted molar refractivity (Wildman–Crippen MR) is 49.8 cm³/mol. The van der Waals surface area contributed by atoms with Crippen molar-refractivity contribution in [2.75, 3.05) is 7.05 Å². The van der Waals surface area contributed by atoms with Crippen LogP contribution >= 0.6 is 11.3 Å². The highest BCUT2D eigenvalue weighted by molar-refractivity contribution is 7.10. The highest BCUT2D eigenvalue weighted by Gasteiger charge is 2.05. The van der Waals surface area contributed by atoms with Crippen LogP contribution in [-0.2, 0) is 4.79 Å². The second-order valence-electron chi connectivity index (χ2n) is 2.15. The molecule has 1 rings (SSSR count). The minimum Gasteiger partial charge on any atom is -0.354 e. The molecule has 13 heavy (non-hydrogen) atoms. The van der Waals surface area contributed by atoms with Crippen molar-refractivity contribution >= 4 is 23.3 Å². The van der Waals surface area contributed by atoms with Crippen molar-refractivity contribution in [2.24, 2.45) is 0 Å². The fourth-order valence-electron chi connectivity index (χ4n) is 0.722. The summed E-state index contributed by atoms with van der Waals surface area (Å²) < 4.78 is 0. The lowest BCUT2D eigenvalue weighted by Crippen LogP contribution is -2.18. The average molecular weight is 193 g/mol. The number of aromatic nitrogens is 1. The maximum atomic E-state index is 11.1. The van der Waals surface area contributed by atoms with Crippen LogP contribution in [0.2, 0.25) is 0 Å². The van der Waals surface area contributed by atoms with E-state index in [0.29, 0.717) is 0 Å². The Balaban J connectivity index is 2.91. The van der Waals surface area contributed by atoms with E-state index >= 15 is 0 Å². The van der Waals surface area contributed by atoms with Crippen LogP contribution in [0.15, 0.2) is 17.3 Å². The van der Waals surface area contributed by atoms with Crippen molar-refractivity contribution in [1.82, 2.24) is 10.3 Å². The van der Waals surface area contributed by atoms with Crippen LogP contribution in [0, 0.1) is 11.3 Å². The molecule has 0 fully saturated rings. The monoisotopic (exact) mass is 193 g/mol. The first-order valence-corrected chi connectivity index (χ1v) is 4.38. The number of thiazole rings is 1. The quantitative estimate of drug-likeness (QED) is 0.558. The molecule has 66 valence electrons. The van der Waals surface area contributed by atoms with Gasteiger partial charge in [-0.1, -0.05) is 0 Å². The molecule has 0 atom stereocenters. The average Bonchev–Trinajstić information content (AvgIpc) is 2.65. The standard InChI is InChI=1S/C8H7N3OS/c1-10-8(12)6(3-9)2-7-4-11-5-13-7/h2,4-5H,1H3,(H,10,12)/b6-2+. The van der Waals surface area contributed by atoms with Crippen LogP contribution in [0.4, 0.5) is 0 Å². The largest absolute Gasteiger partial charge is 0.354 e. The molecule has 1 N–H and O–H groups in total. The number of nitriles is 1. The Hall–Kier alpha value is -1.67. The molecular formula is C8H7N3OS. The van der Waals surface area contributed by atoms with E-state index in [1.165, 1.54) is 24.5 Å². The second-order valence-corrected chi connectivity index (χ2v) is 3.07. The van der Waals surface area contributed by atoms with Gasteiger partial charge in [-0.3, -0.25) is 9.78 Å². The zero-order valence-electron chi connectivity index (χ0n) is 6.94. The van der Waals surface area contributed by atoms with Gasteiger partial charge in [-0.2, -0.15) is 5.26 Å². The van der Waals surface area contributed by atoms with Crippen LogP contribution < -0.4 is 5.32 Å². The molecule has 0 aliphatic rings. The van der Waals surface area contributed by atoms with Crippen molar-refractivity contribution in [1.29, 1.82) is 5.26 Å². The third kappa shape index (κ3) is 2.39. The van der Waals surface area contributed by atoms with Gasteiger partial charge < -0.3 is 5.32 Å². The molecule has 0 saturated heterocycles. The van der Waals surface area contributed by atoms with E-state index in [1.807, 2.05) is 6.07 Å². The summed E-state index contributed by atoms with van der Waals surface area (Å²) in [6, 6.07) is 1.82. The summed E-state index contributed by atoms with van der Waals surface area (Å²) in [4.78, 5) is 15.7. The van der Waals surface area contributed by atoms with Gasteiger partial charge in [-0.25, -0.2) is 0 Å². The van der Waals surface area contributed by atoms with Gasteiger partial charge in [0.25, 0.3) is 5.91 Å². The number of carbonyl (C=O) groups excluding carboxylic acids is 1. The molecule has 4 nitrogen and oxygen atoms in total. The van der Waals surface area contributed by atoms with Gasteiger partial charge in [0.1, 0.15) is 11.6 Å². The SMILES string of the molecule is CNC(=O)/C(C#N)=C/c1cncs1. The number of likely N-dealkylation sites (N-methyl/N-ethyl adjacent to an activating group) is 1. The molecule has 0 unspecified atom stereocenters. The highest BCUT2D eigenvalue weighted by atomic mass is 32.1. The molecule has 1 aromatic rings. The normalized spacial score (nSPS) is 10.6. The first kappa shape index (κ1) is 9.42. The molecule has 1 amide bonds. The van der Waals surface area contributed by atoms with Crippen molar-refractivity contribution < 1.29 is 4.79 Å². The maximum Gasteiger partial charge on any atom is 0.261 e. The van der Waals surface area contributed by atoms with E-state index in [1.54, 1.807) is 11.7 Å². The molecule has 0 aromatic carbocycles. The van der Waals surface area contributed by atoms with E-state index in [-0.39, 0.29) is 11.5 Å². The summed E-state index contributed by atoms with van der Waals surface area (Å²) in [6.45, 7) is 0. The number of carbonyl (C=O) groups is 1. The van der Waals surface area contributed by atoms with Gasteiger partial charge in [0.15, 0.2) is 0 Å². The minimum atomic E-state index is -0.379. The fourth-order valence-corrected chi connectivity index (χ4v) is 1.27. The lowest BCUT2D eigenvalue weighted by Gasteiger charge is -1.93. The molecule has 1 aromatic heterocycles. The Labute approximate surface area is 79.5 Å². The summed E-state index contributed by atoms with van der Waals surface area (Å²) in [6.07, 6.45) is 3.11. The van der Waals surface area contributed by atoms with Gasteiger partial charge in [0, 0.05) is 18.1 Å². The van der Waals surface area contributed by atoms with E-state index in [0.717, 1.165) is 4.88 Å². The summed E-state index contributed by atoms with van der Waals surface area (Å²) in [5.74, 6) is -0.379. The maximum absolute atomic E-state index is 11.1. The minimum absolute atomic E-state index is 0.0896. The third-order valence-corrected chi connectivity index (χ3v) is 2.05. The molecule has 1 heterocycles. The van der Waals surface area contributed by atoms with Crippen LogP contribution in [0.5, 0.6) is 0 Å². The van der Waals surface area contributed by atoms with Crippen LogP contribution in [0.3, 0.4) is 0 Å². The number of rotatable bonds is 2. The van der Waals surface area contributed by atoms with Crippen LogP contribution in [0.1, 0.15) is 4.88 Å². The topological polar surface area (TPSA) is 65.8 Å². The van der Waals surface area contributed by atoms with Crippen molar-refractivity contribution in [3.05, 3.63) is 22.2 Å². The molecule has 0 aliphatic carbocycles. The van der Waals surface area contributed by atoms with Gasteiger partial charge in [0.05, 0.1) is 5.51 Å². The van der Waals surface area contributed by atoms with Gasteiger partial charge >= 0.3 is 0 Å². The van der Waals surface area contributed by atoms with Gasteiger partial charge in [-0.15, -0.1) is 11.3 Å². The first-order valence-electron chi connectivity index (χ1n) is 3.50. The Morgan fingerprint density at radius 2 is 2.62 bits per heavy atom. The Bertz CT molecular complexity index is 361. The zero-order valence-corrected chi connectivity index (χ0v) is 7.76. The smallest absolute Gasteiger partial charge is 0.261 e. The number of nitrogens with one attached hydrogen (secondary N) is 1. The summed E-state index contributed by atoms with van der Waals surface area (Å²) in [5.41, 5.74) is 1.73. The highest BCUT2D eigenvalue weighted by Crippen LogP contribution is 2.10. The molecule has 5 heteroatoms. The molecule has 0 spiro atoms. The van der Waals surface area contributed by atoms with Crippen LogP contribution in [-0.4, -0.2) is 17.9 Å². The van der Waals surface area contributed by atoms with Crippen LogP contribution in [0.25, 0.3) is 6.08 Å². The lowest BCUT2D eigenvalue weighted by atomic mass is 10.2. The molecule has 0 bridgehead atoms. The first-order chi connectivity index (χ1) is 6.27. The molecule has 0 radical (unpaired) electrons. The number of hydrogen-bond donors (Lipinski definition) is 1.